The minimum Gasteiger partial charge on any atom is -0.492 e. The second kappa shape index (κ2) is 7.07. The largest absolute Gasteiger partial charge is 0.492 e. The first-order valence-corrected chi connectivity index (χ1v) is 9.54. The van der Waals surface area contributed by atoms with E-state index in [0.717, 1.165) is 34.1 Å². The summed E-state index contributed by atoms with van der Waals surface area (Å²) < 4.78 is 5.92. The molecule has 3 rings (SSSR count). The average Bonchev–Trinajstić information content (AvgIpc) is 2.99. The molecular weight excluding hydrogens is 314 g/mol. The number of hydrogen-bond donors (Lipinski definition) is 1. The summed E-state index contributed by atoms with van der Waals surface area (Å²) in [6, 6.07) is 10.1. The number of thioether (sulfide) groups is 2. The normalized spacial score (nSPS) is 11.0. The van der Waals surface area contributed by atoms with Crippen molar-refractivity contribution in [2.24, 2.45) is 0 Å². The minimum atomic E-state index is 0.686. The molecular formula is C16H17N3OS2. The van der Waals surface area contributed by atoms with E-state index >= 15 is 0 Å². The van der Waals surface area contributed by atoms with E-state index in [1.165, 1.54) is 4.90 Å². The van der Waals surface area contributed by atoms with Crippen molar-refractivity contribution in [2.75, 3.05) is 24.9 Å². The molecule has 0 bridgehead atoms. The predicted octanol–water partition coefficient (Wildman–Crippen LogP) is 4.09. The second-order valence-corrected chi connectivity index (χ2v) is 6.53. The molecule has 3 aromatic rings. The van der Waals surface area contributed by atoms with Crippen molar-refractivity contribution in [1.29, 1.82) is 0 Å². The van der Waals surface area contributed by atoms with E-state index in [9.17, 15) is 0 Å². The van der Waals surface area contributed by atoms with Gasteiger partial charge in [-0.05, 0) is 42.8 Å². The highest BCUT2D eigenvalue weighted by Crippen LogP contribution is 2.33. The average molecular weight is 331 g/mol. The molecule has 4 nitrogen and oxygen atoms in total. The summed E-state index contributed by atoms with van der Waals surface area (Å²) in [7, 11) is 0. The van der Waals surface area contributed by atoms with Crippen LogP contribution in [0.3, 0.4) is 0 Å². The van der Waals surface area contributed by atoms with Crippen molar-refractivity contribution in [3.63, 3.8) is 0 Å². The first kappa shape index (κ1) is 15.2. The third-order valence-electron chi connectivity index (χ3n) is 3.24. The molecule has 114 valence electrons. The molecule has 0 fully saturated rings. The van der Waals surface area contributed by atoms with Crippen LogP contribution in [0.4, 0.5) is 0 Å². The number of nitrogens with one attached hydrogen (secondary N) is 1. The lowest BCUT2D eigenvalue weighted by Gasteiger charge is -2.11. The van der Waals surface area contributed by atoms with E-state index in [2.05, 4.69) is 39.6 Å². The highest BCUT2D eigenvalue weighted by atomic mass is 32.2. The molecule has 2 heterocycles. The smallest absolute Gasteiger partial charge is 0.178 e. The minimum absolute atomic E-state index is 0.686. The molecule has 2 aromatic heterocycles. The van der Waals surface area contributed by atoms with Crippen LogP contribution >= 0.6 is 23.5 Å². The number of benzene rings is 1. The molecule has 6 heteroatoms. The summed E-state index contributed by atoms with van der Waals surface area (Å²) >= 11 is 3.48. The molecule has 0 atom stereocenters. The van der Waals surface area contributed by atoms with Crippen LogP contribution in [0.1, 0.15) is 0 Å². The van der Waals surface area contributed by atoms with E-state index in [4.69, 9.17) is 4.74 Å². The SMILES string of the molecule is CSCCOc1ccc(SC)cc1-c1nc2ncccc2[nH]1. The van der Waals surface area contributed by atoms with Crippen LogP contribution in [0.25, 0.3) is 22.6 Å². The van der Waals surface area contributed by atoms with Gasteiger partial charge >= 0.3 is 0 Å². The Hall–Kier alpha value is -1.66. The molecule has 22 heavy (non-hydrogen) atoms. The summed E-state index contributed by atoms with van der Waals surface area (Å²) in [4.78, 5) is 13.4. The lowest BCUT2D eigenvalue weighted by Crippen LogP contribution is -2.01. The van der Waals surface area contributed by atoms with Gasteiger partial charge in [0, 0.05) is 16.8 Å². The molecule has 1 aromatic carbocycles. The van der Waals surface area contributed by atoms with Crippen LogP contribution in [0.15, 0.2) is 41.4 Å². The Balaban J connectivity index is 2.02. The molecule has 0 amide bonds. The molecule has 0 aliphatic rings. The Morgan fingerprint density at radius 3 is 2.91 bits per heavy atom. The molecule has 0 radical (unpaired) electrons. The fraction of sp³-hybridized carbons (Fsp3) is 0.250. The summed E-state index contributed by atoms with van der Waals surface area (Å²) in [5, 5.41) is 0. The molecule has 1 N–H and O–H groups in total. The van der Waals surface area contributed by atoms with Gasteiger partial charge < -0.3 is 9.72 Å². The first-order chi connectivity index (χ1) is 10.8. The van der Waals surface area contributed by atoms with Gasteiger partial charge in [0.15, 0.2) is 5.65 Å². The van der Waals surface area contributed by atoms with Gasteiger partial charge in [-0.2, -0.15) is 11.8 Å². The number of imidazole rings is 1. The van der Waals surface area contributed by atoms with E-state index < -0.39 is 0 Å². The molecule has 0 spiro atoms. The third kappa shape index (κ3) is 3.23. The standard InChI is InChI=1S/C16H17N3OS2/c1-21-9-8-20-14-6-5-11(22-2)10-12(14)15-18-13-4-3-7-17-16(13)19-15/h3-7,10H,8-9H2,1-2H3,(H,17,18,19). The van der Waals surface area contributed by atoms with Gasteiger partial charge in [0.2, 0.25) is 0 Å². The quantitative estimate of drug-likeness (QED) is 0.544. The van der Waals surface area contributed by atoms with Crippen LogP contribution < -0.4 is 4.74 Å². The molecule has 0 aliphatic carbocycles. The van der Waals surface area contributed by atoms with Crippen LogP contribution in [0, 0.1) is 0 Å². The lowest BCUT2D eigenvalue weighted by atomic mass is 10.2. The van der Waals surface area contributed by atoms with Crippen molar-refractivity contribution in [1.82, 2.24) is 15.0 Å². The topological polar surface area (TPSA) is 50.8 Å². The zero-order valence-electron chi connectivity index (χ0n) is 12.5. The number of aromatic nitrogens is 3. The number of aromatic amines is 1. The zero-order chi connectivity index (χ0) is 15.4. The van der Waals surface area contributed by atoms with E-state index in [-0.39, 0.29) is 0 Å². The highest BCUT2D eigenvalue weighted by Gasteiger charge is 2.12. The maximum Gasteiger partial charge on any atom is 0.178 e. The maximum atomic E-state index is 5.92. The van der Waals surface area contributed by atoms with Gasteiger partial charge in [-0.15, -0.1) is 11.8 Å². The lowest BCUT2D eigenvalue weighted by molar-refractivity contribution is 0.345. The van der Waals surface area contributed by atoms with Gasteiger partial charge in [0.1, 0.15) is 11.6 Å². The summed E-state index contributed by atoms with van der Waals surface area (Å²) in [5.74, 6) is 2.61. The number of rotatable bonds is 6. The van der Waals surface area contributed by atoms with Crippen molar-refractivity contribution in [2.45, 2.75) is 4.90 Å². The summed E-state index contributed by atoms with van der Waals surface area (Å²) in [6.45, 7) is 0.686. The molecule has 0 aliphatic heterocycles. The van der Waals surface area contributed by atoms with Crippen molar-refractivity contribution in [3.8, 4) is 17.1 Å². The number of fused-ring (bicyclic) bond motifs is 1. The Kier molecular flexibility index (Phi) is 4.90. The molecule has 0 unspecified atom stereocenters. The van der Waals surface area contributed by atoms with Gasteiger partial charge in [-0.25, -0.2) is 9.97 Å². The third-order valence-corrected chi connectivity index (χ3v) is 4.54. The van der Waals surface area contributed by atoms with Crippen molar-refractivity contribution in [3.05, 3.63) is 36.5 Å². The predicted molar refractivity (Wildman–Crippen MR) is 95.0 cm³/mol. The number of nitrogens with zero attached hydrogens (tertiary/aromatic N) is 2. The fourth-order valence-corrected chi connectivity index (χ4v) is 2.84. The number of hydrogen-bond acceptors (Lipinski definition) is 5. The Labute approximate surface area is 138 Å². The highest BCUT2D eigenvalue weighted by molar-refractivity contribution is 7.98. The monoisotopic (exact) mass is 331 g/mol. The number of H-pyrrole nitrogens is 1. The van der Waals surface area contributed by atoms with Gasteiger partial charge in [-0.1, -0.05) is 0 Å². The first-order valence-electron chi connectivity index (χ1n) is 6.92. The summed E-state index contributed by atoms with van der Waals surface area (Å²) in [5.41, 5.74) is 2.63. The number of pyridine rings is 1. The van der Waals surface area contributed by atoms with Gasteiger partial charge in [-0.3, -0.25) is 0 Å². The molecule has 0 saturated heterocycles. The van der Waals surface area contributed by atoms with Crippen LogP contribution in [-0.2, 0) is 0 Å². The van der Waals surface area contributed by atoms with Gasteiger partial charge in [0.25, 0.3) is 0 Å². The fourth-order valence-electron chi connectivity index (χ4n) is 2.15. The van der Waals surface area contributed by atoms with Crippen LogP contribution in [-0.4, -0.2) is 39.8 Å². The Morgan fingerprint density at radius 1 is 1.23 bits per heavy atom. The maximum absolute atomic E-state index is 5.92. The second-order valence-electron chi connectivity index (χ2n) is 4.66. The van der Waals surface area contributed by atoms with Crippen LogP contribution in [0.2, 0.25) is 0 Å². The van der Waals surface area contributed by atoms with E-state index in [0.29, 0.717) is 6.61 Å². The Morgan fingerprint density at radius 2 is 2.14 bits per heavy atom. The number of ether oxygens (including phenoxy) is 1. The zero-order valence-corrected chi connectivity index (χ0v) is 14.1. The van der Waals surface area contributed by atoms with Crippen molar-refractivity contribution >= 4 is 34.7 Å². The summed E-state index contributed by atoms with van der Waals surface area (Å²) in [6.07, 6.45) is 5.89. The van der Waals surface area contributed by atoms with E-state index in [1.807, 2.05) is 18.2 Å². The molecule has 0 saturated carbocycles. The van der Waals surface area contributed by atoms with E-state index in [1.54, 1.807) is 29.7 Å². The van der Waals surface area contributed by atoms with Gasteiger partial charge in [0.05, 0.1) is 17.7 Å². The van der Waals surface area contributed by atoms with Crippen LogP contribution in [0.5, 0.6) is 5.75 Å². The Bertz CT molecular complexity index is 740. The van der Waals surface area contributed by atoms with Crippen molar-refractivity contribution < 1.29 is 4.74 Å².